The minimum Gasteiger partial charge on any atom is -0.462 e. The number of nitrogens with one attached hydrogen (secondary N) is 1. The van der Waals surface area contributed by atoms with Crippen LogP contribution in [-0.2, 0) is 22.4 Å². The number of carbonyl (C=O) groups excluding carboxylic acids is 2. The molecule has 1 unspecified atom stereocenters. The second kappa shape index (κ2) is 6.97. The van der Waals surface area contributed by atoms with E-state index in [2.05, 4.69) is 20.8 Å². The zero-order valence-corrected chi connectivity index (χ0v) is 15.5. The van der Waals surface area contributed by atoms with Crippen molar-refractivity contribution >= 4 is 28.2 Å². The second-order valence-electron chi connectivity index (χ2n) is 7.19. The summed E-state index contributed by atoms with van der Waals surface area (Å²) in [6.45, 7) is 8.10. The van der Waals surface area contributed by atoms with Gasteiger partial charge >= 0.3 is 18.1 Å². The molecule has 0 bridgehead atoms. The van der Waals surface area contributed by atoms with Crippen LogP contribution in [-0.4, -0.2) is 24.7 Å². The Morgan fingerprint density at radius 2 is 1.92 bits per heavy atom. The van der Waals surface area contributed by atoms with Crippen LogP contribution in [0.3, 0.4) is 0 Å². The number of anilines is 1. The summed E-state index contributed by atoms with van der Waals surface area (Å²) >= 11 is 1.05. The molecule has 0 saturated heterocycles. The average molecular weight is 377 g/mol. The fraction of sp³-hybridized carbons (Fsp3) is 0.647. The molecule has 0 fully saturated rings. The van der Waals surface area contributed by atoms with Gasteiger partial charge in [-0.1, -0.05) is 20.8 Å². The SMILES string of the molecule is CCOC(=O)c1c(NC(=O)C(F)(F)F)sc2c1CCC(C(C)(C)C)C2. The summed E-state index contributed by atoms with van der Waals surface area (Å²) in [6.07, 6.45) is -2.90. The van der Waals surface area contributed by atoms with Gasteiger partial charge in [-0.15, -0.1) is 11.3 Å². The molecule has 0 spiro atoms. The second-order valence-corrected chi connectivity index (χ2v) is 8.29. The maximum Gasteiger partial charge on any atom is 0.471 e. The van der Waals surface area contributed by atoms with Crippen molar-refractivity contribution in [3.05, 3.63) is 16.0 Å². The molecule has 0 radical (unpaired) electrons. The fourth-order valence-electron chi connectivity index (χ4n) is 3.01. The van der Waals surface area contributed by atoms with E-state index in [0.29, 0.717) is 24.3 Å². The molecule has 8 heteroatoms. The van der Waals surface area contributed by atoms with Crippen molar-refractivity contribution in [2.75, 3.05) is 11.9 Å². The molecule has 4 nitrogen and oxygen atoms in total. The highest BCUT2D eigenvalue weighted by Crippen LogP contribution is 2.44. The lowest BCUT2D eigenvalue weighted by Gasteiger charge is -2.33. The van der Waals surface area contributed by atoms with E-state index < -0.39 is 18.1 Å². The topological polar surface area (TPSA) is 55.4 Å². The number of amides is 1. The van der Waals surface area contributed by atoms with Crippen molar-refractivity contribution in [2.24, 2.45) is 11.3 Å². The third-order valence-corrected chi connectivity index (χ3v) is 5.62. The number of hydrogen-bond acceptors (Lipinski definition) is 4. The average Bonchev–Trinajstić information content (AvgIpc) is 2.82. The number of hydrogen-bond donors (Lipinski definition) is 1. The van der Waals surface area contributed by atoms with Crippen LogP contribution in [0.25, 0.3) is 0 Å². The van der Waals surface area contributed by atoms with Crippen LogP contribution in [0.4, 0.5) is 18.2 Å². The van der Waals surface area contributed by atoms with E-state index in [1.54, 1.807) is 6.92 Å². The molecule has 140 valence electrons. The van der Waals surface area contributed by atoms with Gasteiger partial charge in [0.25, 0.3) is 0 Å². The van der Waals surface area contributed by atoms with E-state index in [1.807, 2.05) is 5.32 Å². The standard InChI is InChI=1S/C17H22F3NO3S/c1-5-24-14(22)12-10-7-6-9(16(2,3)4)8-11(10)25-13(12)21-15(23)17(18,19)20/h9H,5-8H2,1-4H3,(H,21,23). The Morgan fingerprint density at radius 3 is 2.44 bits per heavy atom. The van der Waals surface area contributed by atoms with Crippen molar-refractivity contribution in [1.29, 1.82) is 0 Å². The van der Waals surface area contributed by atoms with Gasteiger partial charge in [-0.2, -0.15) is 13.2 Å². The summed E-state index contributed by atoms with van der Waals surface area (Å²) in [7, 11) is 0. The minimum atomic E-state index is -5.01. The molecule has 0 aliphatic heterocycles. The first-order chi connectivity index (χ1) is 11.4. The third kappa shape index (κ3) is 4.34. The highest BCUT2D eigenvalue weighted by atomic mass is 32.1. The van der Waals surface area contributed by atoms with E-state index in [4.69, 9.17) is 4.74 Å². The van der Waals surface area contributed by atoms with Crippen LogP contribution >= 0.6 is 11.3 Å². The predicted molar refractivity (Wildman–Crippen MR) is 89.9 cm³/mol. The van der Waals surface area contributed by atoms with Crippen molar-refractivity contribution in [1.82, 2.24) is 0 Å². The van der Waals surface area contributed by atoms with Gasteiger partial charge in [0, 0.05) is 4.88 Å². The molecule has 1 N–H and O–H groups in total. The summed E-state index contributed by atoms with van der Waals surface area (Å²) < 4.78 is 42.8. The van der Waals surface area contributed by atoms with Crippen molar-refractivity contribution in [3.63, 3.8) is 0 Å². The molecule has 0 saturated carbocycles. The molecule has 1 aliphatic rings. The Morgan fingerprint density at radius 1 is 1.28 bits per heavy atom. The first-order valence-corrected chi connectivity index (χ1v) is 8.96. The monoisotopic (exact) mass is 377 g/mol. The van der Waals surface area contributed by atoms with E-state index >= 15 is 0 Å². The number of alkyl halides is 3. The van der Waals surface area contributed by atoms with Gasteiger partial charge in [-0.3, -0.25) is 4.79 Å². The summed E-state index contributed by atoms with van der Waals surface area (Å²) in [4.78, 5) is 24.4. The largest absolute Gasteiger partial charge is 0.471 e. The first kappa shape index (κ1) is 19.8. The molecule has 2 rings (SSSR count). The van der Waals surface area contributed by atoms with Gasteiger partial charge in [0.1, 0.15) is 5.00 Å². The van der Waals surface area contributed by atoms with Gasteiger partial charge < -0.3 is 10.1 Å². The Bertz CT molecular complexity index is 674. The summed E-state index contributed by atoms with van der Waals surface area (Å²) in [5.74, 6) is -2.41. The normalized spacial score (nSPS) is 17.8. The molecule has 1 amide bonds. The maximum atomic E-state index is 12.6. The van der Waals surface area contributed by atoms with Crippen LogP contribution < -0.4 is 5.32 Å². The van der Waals surface area contributed by atoms with Crippen LogP contribution in [0.1, 0.15) is 54.9 Å². The lowest BCUT2D eigenvalue weighted by molar-refractivity contribution is -0.167. The first-order valence-electron chi connectivity index (χ1n) is 8.15. The van der Waals surface area contributed by atoms with Crippen molar-refractivity contribution in [2.45, 2.75) is 53.1 Å². The number of halogens is 3. The maximum absolute atomic E-state index is 12.6. The molecule has 1 heterocycles. The van der Waals surface area contributed by atoms with Gasteiger partial charge in [-0.05, 0) is 43.1 Å². The van der Waals surface area contributed by atoms with E-state index in [-0.39, 0.29) is 22.6 Å². The summed E-state index contributed by atoms with van der Waals surface area (Å²) in [5.41, 5.74) is 0.842. The van der Waals surface area contributed by atoms with Gasteiger partial charge in [0.15, 0.2) is 0 Å². The Hall–Kier alpha value is -1.57. The third-order valence-electron chi connectivity index (χ3n) is 4.45. The lowest BCUT2D eigenvalue weighted by Crippen LogP contribution is -2.30. The Kier molecular flexibility index (Phi) is 5.51. The minimum absolute atomic E-state index is 0.0567. The molecular weight excluding hydrogens is 355 g/mol. The number of fused-ring (bicyclic) bond motifs is 1. The molecule has 1 aliphatic carbocycles. The Balaban J connectivity index is 2.41. The number of carbonyl (C=O) groups is 2. The quantitative estimate of drug-likeness (QED) is 0.785. The summed E-state index contributed by atoms with van der Waals surface area (Å²) in [6, 6.07) is 0. The van der Waals surface area contributed by atoms with Crippen LogP contribution in [0.15, 0.2) is 0 Å². The number of ether oxygens (including phenoxy) is 1. The molecule has 1 aromatic heterocycles. The van der Waals surface area contributed by atoms with E-state index in [1.165, 1.54) is 0 Å². The van der Waals surface area contributed by atoms with Crippen molar-refractivity contribution in [3.8, 4) is 0 Å². The highest BCUT2D eigenvalue weighted by molar-refractivity contribution is 7.17. The lowest BCUT2D eigenvalue weighted by atomic mass is 9.72. The molecule has 25 heavy (non-hydrogen) atoms. The van der Waals surface area contributed by atoms with Crippen molar-refractivity contribution < 1.29 is 27.5 Å². The number of thiophene rings is 1. The fourth-order valence-corrected chi connectivity index (χ4v) is 4.32. The van der Waals surface area contributed by atoms with Gasteiger partial charge in [0.05, 0.1) is 12.2 Å². The van der Waals surface area contributed by atoms with Gasteiger partial charge in [-0.25, -0.2) is 4.79 Å². The van der Waals surface area contributed by atoms with E-state index in [0.717, 1.165) is 22.6 Å². The number of esters is 1. The predicted octanol–water partition coefficient (Wildman–Crippen LogP) is 4.58. The highest BCUT2D eigenvalue weighted by Gasteiger charge is 2.41. The zero-order valence-electron chi connectivity index (χ0n) is 14.7. The van der Waals surface area contributed by atoms with Crippen LogP contribution in [0.2, 0.25) is 0 Å². The van der Waals surface area contributed by atoms with Crippen LogP contribution in [0, 0.1) is 11.3 Å². The van der Waals surface area contributed by atoms with Crippen LogP contribution in [0.5, 0.6) is 0 Å². The zero-order chi connectivity index (χ0) is 19.0. The molecule has 1 aromatic rings. The summed E-state index contributed by atoms with van der Waals surface area (Å²) in [5, 5.41) is 1.79. The van der Waals surface area contributed by atoms with E-state index in [9.17, 15) is 22.8 Å². The molecular formula is C17H22F3NO3S. The van der Waals surface area contributed by atoms with Gasteiger partial charge in [0.2, 0.25) is 0 Å². The molecule has 1 atom stereocenters. The molecule has 0 aromatic carbocycles. The smallest absolute Gasteiger partial charge is 0.462 e. The number of rotatable bonds is 3. The Labute approximate surface area is 148 Å².